The third-order valence-electron chi connectivity index (χ3n) is 3.99. The van der Waals surface area contributed by atoms with Crippen LogP contribution in [-0.2, 0) is 6.54 Å². The summed E-state index contributed by atoms with van der Waals surface area (Å²) in [5.74, 6) is 0.398. The Morgan fingerprint density at radius 3 is 2.83 bits per heavy atom. The lowest BCUT2D eigenvalue weighted by atomic mass is 10.1. The normalized spacial score (nSPS) is 11.2. The van der Waals surface area contributed by atoms with Crippen molar-refractivity contribution < 1.29 is 4.92 Å². The van der Waals surface area contributed by atoms with E-state index in [1.54, 1.807) is 11.6 Å². The molecule has 24 heavy (non-hydrogen) atoms. The Morgan fingerprint density at radius 1 is 1.25 bits per heavy atom. The Kier molecular flexibility index (Phi) is 3.42. The largest absolute Gasteiger partial charge is 0.373 e. The highest BCUT2D eigenvalue weighted by Gasteiger charge is 2.26. The predicted octanol–water partition coefficient (Wildman–Crippen LogP) is 4.09. The van der Waals surface area contributed by atoms with E-state index < -0.39 is 0 Å². The van der Waals surface area contributed by atoms with Crippen LogP contribution in [0.15, 0.2) is 54.0 Å². The van der Waals surface area contributed by atoms with Gasteiger partial charge in [-0.3, -0.25) is 0 Å². The molecule has 0 saturated heterocycles. The molecule has 0 saturated carbocycles. The fourth-order valence-electron chi connectivity index (χ4n) is 2.87. The summed E-state index contributed by atoms with van der Waals surface area (Å²) in [6.45, 7) is 0.552. The van der Waals surface area contributed by atoms with E-state index in [9.17, 15) is 10.1 Å². The summed E-state index contributed by atoms with van der Waals surface area (Å²) in [7, 11) is 1.83. The highest BCUT2D eigenvalue weighted by atomic mass is 32.1. The van der Waals surface area contributed by atoms with Crippen molar-refractivity contribution in [3.05, 3.63) is 69.7 Å². The number of thiazole rings is 1. The van der Waals surface area contributed by atoms with E-state index in [1.807, 2.05) is 30.1 Å². The molecule has 2 aromatic carbocycles. The van der Waals surface area contributed by atoms with E-state index in [0.717, 1.165) is 10.9 Å². The van der Waals surface area contributed by atoms with E-state index in [-0.39, 0.29) is 10.7 Å². The van der Waals surface area contributed by atoms with Gasteiger partial charge in [-0.05, 0) is 27.3 Å². The fraction of sp³-hybridized carbons (Fsp3) is 0.118. The number of imidazole rings is 1. The highest BCUT2D eigenvalue weighted by Crippen LogP contribution is 2.31. The summed E-state index contributed by atoms with van der Waals surface area (Å²) in [5.41, 5.74) is 1.09. The average molecular weight is 338 g/mol. The molecule has 0 aliphatic carbocycles. The Balaban J connectivity index is 1.70. The van der Waals surface area contributed by atoms with Crippen molar-refractivity contribution in [1.29, 1.82) is 0 Å². The quantitative estimate of drug-likeness (QED) is 0.415. The number of hydrogen-bond donors (Lipinski definition) is 0. The molecule has 2 heterocycles. The van der Waals surface area contributed by atoms with Gasteiger partial charge in [0.1, 0.15) is 6.20 Å². The lowest BCUT2D eigenvalue weighted by Crippen LogP contribution is -2.18. The summed E-state index contributed by atoms with van der Waals surface area (Å²) in [6.07, 6.45) is 1.68. The molecule has 120 valence electrons. The molecule has 7 heteroatoms. The Labute approximate surface area is 141 Å². The zero-order valence-electron chi connectivity index (χ0n) is 12.9. The van der Waals surface area contributed by atoms with E-state index >= 15 is 0 Å². The second kappa shape index (κ2) is 5.61. The molecule has 0 amide bonds. The van der Waals surface area contributed by atoms with Crippen LogP contribution in [0.4, 0.5) is 11.6 Å². The van der Waals surface area contributed by atoms with Crippen molar-refractivity contribution in [2.45, 2.75) is 6.54 Å². The molecule has 0 radical (unpaired) electrons. The fourth-order valence-corrected chi connectivity index (χ4v) is 3.58. The molecule has 0 aliphatic rings. The standard InChI is InChI=1S/C17H14N4O2S/c1-19(11-12-6-7-13-4-2-3-5-14(13)10-12)15-16(21(22)23)20-8-9-24-17(20)18-15/h2-10H,11H2,1H3. The van der Waals surface area contributed by atoms with Crippen molar-refractivity contribution in [2.75, 3.05) is 11.9 Å². The summed E-state index contributed by atoms with van der Waals surface area (Å²) in [5, 5.41) is 15.6. The second-order valence-electron chi connectivity index (χ2n) is 5.61. The van der Waals surface area contributed by atoms with Gasteiger partial charge in [0.15, 0.2) is 0 Å². The molecule has 2 aromatic heterocycles. The van der Waals surface area contributed by atoms with Crippen LogP contribution in [0.2, 0.25) is 0 Å². The molecule has 0 spiro atoms. The molecule has 0 N–H and O–H groups in total. The third-order valence-corrected chi connectivity index (χ3v) is 4.74. The Morgan fingerprint density at radius 2 is 2.04 bits per heavy atom. The maximum Gasteiger partial charge on any atom is 0.373 e. The molecule has 0 fully saturated rings. The van der Waals surface area contributed by atoms with Gasteiger partial charge in [0.2, 0.25) is 5.82 Å². The van der Waals surface area contributed by atoms with Crippen LogP contribution in [0, 0.1) is 10.1 Å². The van der Waals surface area contributed by atoms with Gasteiger partial charge in [-0.25, -0.2) is 0 Å². The van der Waals surface area contributed by atoms with Crippen LogP contribution in [0.3, 0.4) is 0 Å². The molecule has 4 aromatic rings. The van der Waals surface area contributed by atoms with Gasteiger partial charge in [0, 0.05) is 19.0 Å². The first-order valence-electron chi connectivity index (χ1n) is 7.42. The van der Waals surface area contributed by atoms with Gasteiger partial charge < -0.3 is 15.0 Å². The zero-order chi connectivity index (χ0) is 16.7. The lowest BCUT2D eigenvalue weighted by molar-refractivity contribution is -0.389. The summed E-state index contributed by atoms with van der Waals surface area (Å²) >= 11 is 1.39. The topological polar surface area (TPSA) is 63.7 Å². The first-order chi connectivity index (χ1) is 11.6. The minimum Gasteiger partial charge on any atom is -0.358 e. The molecular weight excluding hydrogens is 324 g/mol. The van der Waals surface area contributed by atoms with Crippen LogP contribution >= 0.6 is 11.3 Å². The summed E-state index contributed by atoms with van der Waals surface area (Å²) in [4.78, 5) is 17.9. The van der Waals surface area contributed by atoms with Crippen LogP contribution < -0.4 is 4.90 Å². The van der Waals surface area contributed by atoms with E-state index in [4.69, 9.17) is 0 Å². The first kappa shape index (κ1) is 14.6. The molecule has 0 unspecified atom stereocenters. The van der Waals surface area contributed by atoms with Crippen molar-refractivity contribution >= 4 is 38.7 Å². The summed E-state index contributed by atoms with van der Waals surface area (Å²) < 4.78 is 1.52. The van der Waals surface area contributed by atoms with Gasteiger partial charge in [-0.15, -0.1) is 0 Å². The van der Waals surface area contributed by atoms with Gasteiger partial charge in [0.05, 0.1) is 0 Å². The van der Waals surface area contributed by atoms with Gasteiger partial charge >= 0.3 is 5.82 Å². The van der Waals surface area contributed by atoms with Gasteiger partial charge in [-0.2, -0.15) is 9.38 Å². The van der Waals surface area contributed by atoms with Crippen molar-refractivity contribution in [3.63, 3.8) is 0 Å². The number of aromatic nitrogens is 2. The summed E-state index contributed by atoms with van der Waals surface area (Å²) in [6, 6.07) is 14.4. The average Bonchev–Trinajstić information content (AvgIpc) is 3.15. The Hall–Kier alpha value is -2.93. The molecule has 0 bridgehead atoms. The Bertz CT molecular complexity index is 1050. The molecule has 4 rings (SSSR count). The van der Waals surface area contributed by atoms with Gasteiger partial charge in [0.25, 0.3) is 4.96 Å². The first-order valence-corrected chi connectivity index (χ1v) is 8.30. The van der Waals surface area contributed by atoms with Gasteiger partial charge in [-0.1, -0.05) is 47.7 Å². The van der Waals surface area contributed by atoms with Crippen LogP contribution in [0.1, 0.15) is 5.56 Å². The smallest absolute Gasteiger partial charge is 0.358 e. The molecule has 0 atom stereocenters. The van der Waals surface area contributed by atoms with Crippen LogP contribution in [0.25, 0.3) is 15.7 Å². The number of fused-ring (bicyclic) bond motifs is 2. The number of rotatable bonds is 4. The van der Waals surface area contributed by atoms with Crippen molar-refractivity contribution in [2.24, 2.45) is 0 Å². The maximum absolute atomic E-state index is 11.4. The minimum absolute atomic E-state index is 0.00883. The SMILES string of the molecule is CN(Cc1ccc2ccccc2c1)c1nc2sccn2c1[N+](=O)[O-]. The number of nitrogens with zero attached hydrogens (tertiary/aromatic N) is 4. The van der Waals surface area contributed by atoms with E-state index in [1.165, 1.54) is 21.1 Å². The van der Waals surface area contributed by atoms with Crippen LogP contribution in [0.5, 0.6) is 0 Å². The number of hydrogen-bond acceptors (Lipinski definition) is 5. The van der Waals surface area contributed by atoms with E-state index in [0.29, 0.717) is 17.3 Å². The number of anilines is 1. The van der Waals surface area contributed by atoms with Crippen molar-refractivity contribution in [1.82, 2.24) is 9.38 Å². The van der Waals surface area contributed by atoms with Crippen LogP contribution in [-0.4, -0.2) is 21.4 Å². The maximum atomic E-state index is 11.4. The van der Waals surface area contributed by atoms with Crippen molar-refractivity contribution in [3.8, 4) is 0 Å². The monoisotopic (exact) mass is 338 g/mol. The third kappa shape index (κ3) is 2.39. The molecule has 0 aliphatic heterocycles. The minimum atomic E-state index is -0.376. The number of nitro groups is 1. The van der Waals surface area contributed by atoms with E-state index in [2.05, 4.69) is 29.2 Å². The lowest BCUT2D eigenvalue weighted by Gasteiger charge is -2.16. The zero-order valence-corrected chi connectivity index (χ0v) is 13.7. The molecule has 6 nitrogen and oxygen atoms in total. The predicted molar refractivity (Wildman–Crippen MR) is 95.8 cm³/mol. The highest BCUT2D eigenvalue weighted by molar-refractivity contribution is 7.15. The second-order valence-corrected chi connectivity index (χ2v) is 6.48. The number of benzene rings is 2. The molecular formula is C17H14N4O2S.